The number of aromatic amines is 1. The smallest absolute Gasteiger partial charge is 0.273 e. The molecule has 0 atom stereocenters. The van der Waals surface area contributed by atoms with Gasteiger partial charge in [-0.2, -0.15) is 0 Å². The van der Waals surface area contributed by atoms with Crippen molar-refractivity contribution in [1.29, 1.82) is 0 Å². The van der Waals surface area contributed by atoms with E-state index in [1.54, 1.807) is 20.1 Å². The largest absolute Gasteiger partial charge is 0.497 e. The fraction of sp³-hybridized carbons (Fsp3) is 0.182. The molecule has 6 nitrogen and oxygen atoms in total. The normalized spacial score (nSPS) is 10.0. The highest BCUT2D eigenvalue weighted by Gasteiger charge is 2.01. The first kappa shape index (κ1) is 11.1. The highest BCUT2D eigenvalue weighted by molar-refractivity contribution is 5.55. The number of anilines is 2. The van der Waals surface area contributed by atoms with Crippen molar-refractivity contribution in [2.75, 3.05) is 12.4 Å². The van der Waals surface area contributed by atoms with Gasteiger partial charge in [-0.05, 0) is 19.1 Å². The molecule has 1 heterocycles. The molecule has 0 saturated heterocycles. The van der Waals surface area contributed by atoms with Crippen LogP contribution in [-0.2, 0) is 0 Å². The zero-order valence-corrected chi connectivity index (χ0v) is 9.52. The van der Waals surface area contributed by atoms with Gasteiger partial charge in [-0.15, -0.1) is 10.2 Å². The number of nitrogens with zero attached hydrogens (tertiary/aromatic N) is 2. The SMILES string of the molecule is COc1cccc(Nc2nnc(C)c(=O)[nH]2)c1. The molecule has 0 fully saturated rings. The van der Waals surface area contributed by atoms with Crippen molar-refractivity contribution in [2.24, 2.45) is 0 Å². The third-order valence-corrected chi connectivity index (χ3v) is 2.19. The van der Waals surface area contributed by atoms with Crippen molar-refractivity contribution < 1.29 is 4.74 Å². The van der Waals surface area contributed by atoms with Crippen LogP contribution in [0.15, 0.2) is 29.1 Å². The van der Waals surface area contributed by atoms with Gasteiger partial charge in [-0.3, -0.25) is 9.78 Å². The number of methoxy groups -OCH3 is 1. The Morgan fingerprint density at radius 1 is 1.35 bits per heavy atom. The van der Waals surface area contributed by atoms with E-state index in [9.17, 15) is 4.79 Å². The van der Waals surface area contributed by atoms with Crippen LogP contribution in [0.3, 0.4) is 0 Å². The molecule has 17 heavy (non-hydrogen) atoms. The van der Waals surface area contributed by atoms with E-state index in [0.717, 1.165) is 11.4 Å². The van der Waals surface area contributed by atoms with E-state index in [4.69, 9.17) is 4.74 Å². The lowest BCUT2D eigenvalue weighted by Gasteiger charge is -2.06. The topological polar surface area (TPSA) is 79.9 Å². The maximum Gasteiger partial charge on any atom is 0.273 e. The van der Waals surface area contributed by atoms with Gasteiger partial charge in [-0.25, -0.2) is 0 Å². The molecule has 1 aromatic carbocycles. The number of rotatable bonds is 3. The van der Waals surface area contributed by atoms with Gasteiger partial charge in [0.25, 0.3) is 5.56 Å². The summed E-state index contributed by atoms with van der Waals surface area (Å²) in [6.07, 6.45) is 0. The Morgan fingerprint density at radius 3 is 2.88 bits per heavy atom. The Labute approximate surface area is 97.7 Å². The van der Waals surface area contributed by atoms with E-state index in [2.05, 4.69) is 20.5 Å². The molecule has 0 unspecified atom stereocenters. The lowest BCUT2D eigenvalue weighted by molar-refractivity contribution is 0.415. The zero-order valence-electron chi connectivity index (χ0n) is 9.52. The fourth-order valence-electron chi connectivity index (χ4n) is 1.29. The predicted molar refractivity (Wildman–Crippen MR) is 63.7 cm³/mol. The molecule has 0 radical (unpaired) electrons. The second kappa shape index (κ2) is 4.65. The highest BCUT2D eigenvalue weighted by atomic mass is 16.5. The quantitative estimate of drug-likeness (QED) is 0.831. The van der Waals surface area contributed by atoms with E-state index in [1.807, 2.05) is 18.2 Å². The van der Waals surface area contributed by atoms with Crippen LogP contribution in [0.25, 0.3) is 0 Å². The zero-order chi connectivity index (χ0) is 12.3. The predicted octanol–water partition coefficient (Wildman–Crippen LogP) is 1.23. The van der Waals surface area contributed by atoms with Gasteiger partial charge >= 0.3 is 0 Å². The molecule has 0 amide bonds. The summed E-state index contributed by atoms with van der Waals surface area (Å²) in [4.78, 5) is 13.9. The summed E-state index contributed by atoms with van der Waals surface area (Å²) in [6.45, 7) is 1.60. The maximum atomic E-state index is 11.3. The second-order valence-corrected chi connectivity index (χ2v) is 3.45. The van der Waals surface area contributed by atoms with Gasteiger partial charge in [0.2, 0.25) is 5.95 Å². The van der Waals surface area contributed by atoms with Gasteiger partial charge in [-0.1, -0.05) is 6.07 Å². The lowest BCUT2D eigenvalue weighted by Crippen LogP contribution is -2.15. The van der Waals surface area contributed by atoms with Crippen LogP contribution in [0.4, 0.5) is 11.6 Å². The Kier molecular flexibility index (Phi) is 3.04. The van der Waals surface area contributed by atoms with E-state index in [-0.39, 0.29) is 5.56 Å². The Hall–Kier alpha value is -2.37. The molecule has 1 aromatic heterocycles. The molecule has 2 N–H and O–H groups in total. The Balaban J connectivity index is 2.25. The van der Waals surface area contributed by atoms with E-state index in [0.29, 0.717) is 11.6 Å². The van der Waals surface area contributed by atoms with E-state index < -0.39 is 0 Å². The van der Waals surface area contributed by atoms with Crippen molar-refractivity contribution >= 4 is 11.6 Å². The van der Waals surface area contributed by atoms with Crippen molar-refractivity contribution in [3.05, 3.63) is 40.3 Å². The van der Waals surface area contributed by atoms with Crippen LogP contribution in [0.1, 0.15) is 5.69 Å². The highest BCUT2D eigenvalue weighted by Crippen LogP contribution is 2.18. The van der Waals surface area contributed by atoms with Crippen molar-refractivity contribution in [2.45, 2.75) is 6.92 Å². The fourth-order valence-corrected chi connectivity index (χ4v) is 1.29. The average molecular weight is 232 g/mol. The minimum absolute atomic E-state index is 0.259. The molecule has 2 aromatic rings. The summed E-state index contributed by atoms with van der Waals surface area (Å²) in [6, 6.07) is 7.29. The third kappa shape index (κ3) is 2.60. The molecule has 0 aliphatic heterocycles. The van der Waals surface area contributed by atoms with Crippen molar-refractivity contribution in [3.8, 4) is 5.75 Å². The van der Waals surface area contributed by atoms with Crippen LogP contribution in [-0.4, -0.2) is 22.3 Å². The monoisotopic (exact) mass is 232 g/mol. The van der Waals surface area contributed by atoms with Gasteiger partial charge in [0, 0.05) is 11.8 Å². The number of aryl methyl sites for hydroxylation is 1. The van der Waals surface area contributed by atoms with E-state index >= 15 is 0 Å². The van der Waals surface area contributed by atoms with Gasteiger partial charge < -0.3 is 10.1 Å². The van der Waals surface area contributed by atoms with Crippen molar-refractivity contribution in [1.82, 2.24) is 15.2 Å². The summed E-state index contributed by atoms with van der Waals surface area (Å²) in [7, 11) is 1.59. The number of benzene rings is 1. The van der Waals surface area contributed by atoms with Crippen molar-refractivity contribution in [3.63, 3.8) is 0 Å². The molecule has 0 aliphatic rings. The minimum atomic E-state index is -0.259. The Morgan fingerprint density at radius 2 is 2.18 bits per heavy atom. The summed E-state index contributed by atoms with van der Waals surface area (Å²) in [5, 5.41) is 10.5. The first-order chi connectivity index (χ1) is 8.19. The number of hydrogen-bond acceptors (Lipinski definition) is 5. The third-order valence-electron chi connectivity index (χ3n) is 2.19. The van der Waals surface area contributed by atoms with Gasteiger partial charge in [0.15, 0.2) is 0 Å². The molecule has 88 valence electrons. The lowest BCUT2D eigenvalue weighted by atomic mass is 10.3. The van der Waals surface area contributed by atoms with Crippen LogP contribution < -0.4 is 15.6 Å². The number of ether oxygens (including phenoxy) is 1. The number of aromatic nitrogens is 3. The molecule has 0 bridgehead atoms. The van der Waals surface area contributed by atoms with Gasteiger partial charge in [0.05, 0.1) is 7.11 Å². The second-order valence-electron chi connectivity index (χ2n) is 3.45. The number of H-pyrrole nitrogens is 1. The summed E-state index contributed by atoms with van der Waals surface area (Å²) >= 11 is 0. The molecule has 0 saturated carbocycles. The minimum Gasteiger partial charge on any atom is -0.497 e. The number of hydrogen-bond donors (Lipinski definition) is 2. The maximum absolute atomic E-state index is 11.3. The summed E-state index contributed by atoms with van der Waals surface area (Å²) < 4.78 is 5.09. The van der Waals surface area contributed by atoms with Crippen LogP contribution in [0.5, 0.6) is 5.75 Å². The van der Waals surface area contributed by atoms with Gasteiger partial charge in [0.1, 0.15) is 11.4 Å². The molecular formula is C11H12N4O2. The summed E-state index contributed by atoms with van der Waals surface area (Å²) in [5.41, 5.74) is 0.838. The summed E-state index contributed by atoms with van der Waals surface area (Å²) in [5.74, 6) is 1.02. The van der Waals surface area contributed by atoms with Crippen LogP contribution in [0, 0.1) is 6.92 Å². The molecule has 0 aliphatic carbocycles. The average Bonchev–Trinajstić information content (AvgIpc) is 2.34. The number of nitrogens with one attached hydrogen (secondary N) is 2. The van der Waals surface area contributed by atoms with Crippen LogP contribution in [0.2, 0.25) is 0 Å². The van der Waals surface area contributed by atoms with Crippen LogP contribution >= 0.6 is 0 Å². The Bertz CT molecular complexity index is 580. The molecular weight excluding hydrogens is 220 g/mol. The standard InChI is InChI=1S/C11H12N4O2/c1-7-10(16)13-11(15-14-7)12-8-4-3-5-9(6-8)17-2/h3-6H,1-2H3,(H2,12,13,15,16). The first-order valence-electron chi connectivity index (χ1n) is 5.04. The molecule has 0 spiro atoms. The van der Waals surface area contributed by atoms with E-state index in [1.165, 1.54) is 0 Å². The molecule has 2 rings (SSSR count). The first-order valence-corrected chi connectivity index (χ1v) is 5.04. The molecule has 6 heteroatoms.